The van der Waals surface area contributed by atoms with Crippen LogP contribution in [0.5, 0.6) is 0 Å². The van der Waals surface area contributed by atoms with Gasteiger partial charge in [0.1, 0.15) is 10.4 Å². The molecule has 0 aliphatic rings. The summed E-state index contributed by atoms with van der Waals surface area (Å²) >= 11 is 0. The molecule has 0 aromatic heterocycles. The number of carbonyl (C=O) groups excluding carboxylic acids is 1. The first-order valence-electron chi connectivity index (χ1n) is 2.06. The third-order valence-corrected chi connectivity index (χ3v) is 1.07. The van der Waals surface area contributed by atoms with Crippen LogP contribution in [0.4, 0.5) is 0 Å². The molecule has 0 atom stereocenters. The second-order valence-corrected chi connectivity index (χ2v) is 1.86. The first-order valence-corrected chi connectivity index (χ1v) is 3.06. The molecule has 0 heterocycles. The highest BCUT2D eigenvalue weighted by Crippen LogP contribution is 1.81. The number of nitrogens with one attached hydrogen (secondary N) is 1. The maximum atomic E-state index is 10.3. The summed E-state index contributed by atoms with van der Waals surface area (Å²) in [5, 5.41) is 0. The summed E-state index contributed by atoms with van der Waals surface area (Å²) < 4.78 is 0. The molecule has 0 saturated carbocycles. The summed E-state index contributed by atoms with van der Waals surface area (Å²) in [6, 6.07) is 0. The molecule has 0 aliphatic heterocycles. The van der Waals surface area contributed by atoms with E-state index in [1.165, 1.54) is 0 Å². The molecule has 0 aliphatic carbocycles. The lowest BCUT2D eigenvalue weighted by molar-refractivity contribution is -0.115. The molecule has 0 fully saturated rings. The third kappa shape index (κ3) is 2.16. The number of hydrogen-bond donors (Lipinski definition) is 1. The van der Waals surface area contributed by atoms with Gasteiger partial charge in [-0.3, -0.25) is 4.79 Å². The Bertz CT molecular complexity index is 99.9. The van der Waals surface area contributed by atoms with E-state index in [0.717, 1.165) is 0 Å². The minimum absolute atomic E-state index is 0.0355. The van der Waals surface area contributed by atoms with Crippen molar-refractivity contribution in [3.63, 3.8) is 0 Å². The third-order valence-electron chi connectivity index (χ3n) is 0.615. The summed E-state index contributed by atoms with van der Waals surface area (Å²) in [6.45, 7) is 5.12. The molecule has 0 saturated heterocycles. The smallest absolute Gasteiger partial charge is 0.237 e. The van der Waals surface area contributed by atoms with E-state index in [2.05, 4.69) is 11.6 Å². The Kier molecular flexibility index (Phi) is 2.36. The van der Waals surface area contributed by atoms with Crippen LogP contribution in [0.25, 0.3) is 0 Å². The Morgan fingerprint density at radius 1 is 1.86 bits per heavy atom. The summed E-state index contributed by atoms with van der Waals surface area (Å²) in [7, 11) is 0.710. The topological polar surface area (TPSA) is 29.1 Å². The summed E-state index contributed by atoms with van der Waals surface area (Å²) in [5.41, 5.74) is 0.579. The van der Waals surface area contributed by atoms with Crippen molar-refractivity contribution < 1.29 is 4.79 Å². The molecule has 40 valence electrons. The van der Waals surface area contributed by atoms with Crippen LogP contribution in [-0.2, 0) is 4.79 Å². The Balaban J connectivity index is 3.58. The molecule has 0 bridgehead atoms. The van der Waals surface area contributed by atoms with E-state index >= 15 is 0 Å². The molecule has 0 radical (unpaired) electrons. The number of carbonyl (C=O) groups is 1. The lowest BCUT2D eigenvalue weighted by Gasteiger charge is -1.92. The summed E-state index contributed by atoms with van der Waals surface area (Å²) in [4.78, 5) is 12.9. The van der Waals surface area contributed by atoms with Gasteiger partial charge in [0, 0.05) is 5.57 Å². The van der Waals surface area contributed by atoms with Crippen molar-refractivity contribution in [1.82, 2.24) is 4.98 Å². The van der Waals surface area contributed by atoms with Gasteiger partial charge >= 0.3 is 0 Å². The molecule has 7 heavy (non-hydrogen) atoms. The zero-order valence-corrected chi connectivity index (χ0v) is 6.62. The number of hydrogen-bond acceptors (Lipinski definition) is 1. The first-order chi connectivity index (χ1) is 3.18. The van der Waals surface area contributed by atoms with Gasteiger partial charge in [0.15, 0.2) is 0 Å². The van der Waals surface area contributed by atoms with Gasteiger partial charge in [-0.2, -0.15) is 0 Å². The van der Waals surface area contributed by atoms with E-state index in [1.54, 1.807) is 6.92 Å². The van der Waals surface area contributed by atoms with E-state index in [4.69, 9.17) is 0 Å². The van der Waals surface area contributed by atoms with Gasteiger partial charge in [0.05, 0.1) is 0 Å². The molecular weight excluding hydrogens is 106 g/mol. The molecule has 3 heteroatoms. The van der Waals surface area contributed by atoms with Crippen molar-refractivity contribution in [3.8, 4) is 0 Å². The Morgan fingerprint density at radius 3 is 2.29 bits per heavy atom. The van der Waals surface area contributed by atoms with Crippen molar-refractivity contribution in [2.75, 3.05) is 0 Å². The van der Waals surface area contributed by atoms with Gasteiger partial charge in [-0.1, -0.05) is 6.58 Å². The van der Waals surface area contributed by atoms with Gasteiger partial charge in [-0.25, -0.2) is 0 Å². The van der Waals surface area contributed by atoms with Crippen LogP contribution < -0.4 is 4.98 Å². The first kappa shape index (κ1) is 6.43. The fraction of sp³-hybridized carbons (Fsp3) is 0.250. The van der Waals surface area contributed by atoms with Crippen molar-refractivity contribution >= 4 is 16.3 Å². The highest BCUT2D eigenvalue weighted by molar-refractivity contribution is 6.17. The van der Waals surface area contributed by atoms with E-state index in [9.17, 15) is 4.79 Å². The summed E-state index contributed by atoms with van der Waals surface area (Å²) in [5.74, 6) is -0.0355. The average Bonchev–Trinajstić information content (AvgIpc) is 1.65. The van der Waals surface area contributed by atoms with Gasteiger partial charge in [-0.15, -0.1) is 0 Å². The van der Waals surface area contributed by atoms with Gasteiger partial charge in [0.25, 0.3) is 0 Å². The highest BCUT2D eigenvalue weighted by atomic mass is 28.2. The van der Waals surface area contributed by atoms with Crippen LogP contribution in [0.3, 0.4) is 0 Å². The van der Waals surface area contributed by atoms with Crippen LogP contribution in [0, 0.1) is 0 Å². The number of amides is 1. The average molecular weight is 115 g/mol. The summed E-state index contributed by atoms with van der Waals surface area (Å²) in [6.07, 6.45) is 0. The maximum Gasteiger partial charge on any atom is 0.237 e. The fourth-order valence-corrected chi connectivity index (χ4v) is 0.640. The minimum Gasteiger partial charge on any atom is -0.387 e. The molecule has 0 aromatic carbocycles. The zero-order chi connectivity index (χ0) is 5.86. The number of rotatable bonds is 1. The molecular formula is C4H9NOSi. The second-order valence-electron chi connectivity index (χ2n) is 1.36. The van der Waals surface area contributed by atoms with Crippen molar-refractivity contribution in [3.05, 3.63) is 12.2 Å². The normalized spacial score (nSPS) is 8.14. The van der Waals surface area contributed by atoms with Crippen molar-refractivity contribution in [2.45, 2.75) is 6.92 Å². The van der Waals surface area contributed by atoms with E-state index in [1.807, 2.05) is 0 Å². The lowest BCUT2D eigenvalue weighted by Crippen LogP contribution is -2.19. The van der Waals surface area contributed by atoms with Gasteiger partial charge < -0.3 is 4.98 Å². The maximum absolute atomic E-state index is 10.3. The van der Waals surface area contributed by atoms with Crippen LogP contribution >= 0.6 is 0 Å². The Hall–Kier alpha value is -0.573. The second kappa shape index (κ2) is 2.57. The van der Waals surface area contributed by atoms with E-state index < -0.39 is 0 Å². The molecule has 1 N–H and O–H groups in total. The van der Waals surface area contributed by atoms with Crippen molar-refractivity contribution in [2.24, 2.45) is 0 Å². The van der Waals surface area contributed by atoms with Crippen LogP contribution in [0.1, 0.15) is 6.92 Å². The van der Waals surface area contributed by atoms with Gasteiger partial charge in [0.2, 0.25) is 5.91 Å². The molecule has 1 amide bonds. The molecule has 0 aromatic rings. The quantitative estimate of drug-likeness (QED) is 0.343. The molecule has 0 rings (SSSR count). The predicted octanol–water partition coefficient (Wildman–Crippen LogP) is -1.04. The highest BCUT2D eigenvalue weighted by Gasteiger charge is 1.92. The van der Waals surface area contributed by atoms with Gasteiger partial charge in [-0.05, 0) is 6.92 Å². The lowest BCUT2D eigenvalue weighted by atomic mass is 10.3. The standard InChI is InChI=1S/C4H9NOSi/c1-3(2)4(6)5-7/h1H2,2,7H3,(H,5,6). The Morgan fingerprint density at radius 2 is 2.29 bits per heavy atom. The largest absolute Gasteiger partial charge is 0.387 e. The predicted molar refractivity (Wildman–Crippen MR) is 32.9 cm³/mol. The molecule has 0 unspecified atom stereocenters. The van der Waals surface area contributed by atoms with E-state index in [0.29, 0.717) is 16.0 Å². The minimum atomic E-state index is -0.0355. The molecule has 0 spiro atoms. The molecule has 2 nitrogen and oxygen atoms in total. The fourth-order valence-electron chi connectivity index (χ4n) is 0.213. The Labute approximate surface area is 46.1 Å². The van der Waals surface area contributed by atoms with Crippen molar-refractivity contribution in [1.29, 1.82) is 0 Å². The van der Waals surface area contributed by atoms with E-state index in [-0.39, 0.29) is 5.91 Å². The van der Waals surface area contributed by atoms with Crippen LogP contribution in [0.2, 0.25) is 0 Å². The van der Waals surface area contributed by atoms with Crippen LogP contribution in [0.15, 0.2) is 12.2 Å². The van der Waals surface area contributed by atoms with Crippen LogP contribution in [-0.4, -0.2) is 16.3 Å². The SMILES string of the molecule is C=C(C)C(=O)N[SiH3]. The zero-order valence-electron chi connectivity index (χ0n) is 4.62. The monoisotopic (exact) mass is 115 g/mol.